The summed E-state index contributed by atoms with van der Waals surface area (Å²) in [5.41, 5.74) is 1.94. The molecule has 0 saturated heterocycles. The zero-order valence-corrected chi connectivity index (χ0v) is 14.2. The molecule has 2 aromatic carbocycles. The number of aromatic nitrogens is 1. The minimum absolute atomic E-state index is 0.155. The number of carboxylic acid groups (broad SMARTS) is 1. The molecule has 122 valence electrons. The molecule has 24 heavy (non-hydrogen) atoms. The number of carbonyl (C=O) groups is 1. The van der Waals surface area contributed by atoms with Crippen molar-refractivity contribution in [2.45, 2.75) is 6.92 Å². The van der Waals surface area contributed by atoms with Crippen molar-refractivity contribution >= 4 is 40.1 Å². The minimum Gasteiger partial charge on any atom is -0.494 e. The molecule has 0 bridgehead atoms. The lowest BCUT2D eigenvalue weighted by molar-refractivity contribution is 0.0699. The van der Waals surface area contributed by atoms with Gasteiger partial charge in [-0.15, -0.1) is 0 Å². The standard InChI is InChI=1S/C18H13Cl2NO3/c1-2-24-11-4-6-16-12(8-11)13(18(22)23)9-17(21-16)10-3-5-14(19)15(20)7-10/h3-9H,2H2,1H3,(H,22,23). The Morgan fingerprint density at radius 2 is 1.92 bits per heavy atom. The Bertz CT molecular complexity index is 941. The first-order valence-corrected chi connectivity index (χ1v) is 8.01. The van der Waals surface area contributed by atoms with Crippen LogP contribution in [0.3, 0.4) is 0 Å². The fourth-order valence-electron chi connectivity index (χ4n) is 2.44. The maximum absolute atomic E-state index is 11.7. The summed E-state index contributed by atoms with van der Waals surface area (Å²) >= 11 is 12.0. The van der Waals surface area contributed by atoms with Gasteiger partial charge in [0.2, 0.25) is 0 Å². The van der Waals surface area contributed by atoms with E-state index in [1.807, 2.05) is 6.92 Å². The second kappa shape index (κ2) is 6.67. The van der Waals surface area contributed by atoms with Crippen molar-refractivity contribution in [1.29, 1.82) is 0 Å². The van der Waals surface area contributed by atoms with Crippen LogP contribution in [0.1, 0.15) is 17.3 Å². The lowest BCUT2D eigenvalue weighted by atomic mass is 10.0. The van der Waals surface area contributed by atoms with Gasteiger partial charge in [0.15, 0.2) is 0 Å². The molecule has 1 N–H and O–H groups in total. The Hall–Kier alpha value is -2.30. The molecule has 3 aromatic rings. The average molecular weight is 362 g/mol. The summed E-state index contributed by atoms with van der Waals surface area (Å²) in [4.78, 5) is 16.2. The van der Waals surface area contributed by atoms with E-state index in [0.29, 0.717) is 44.6 Å². The first-order chi connectivity index (χ1) is 11.5. The summed E-state index contributed by atoms with van der Waals surface area (Å²) in [6.45, 7) is 2.37. The van der Waals surface area contributed by atoms with Gasteiger partial charge in [0.05, 0.1) is 33.4 Å². The number of nitrogens with zero attached hydrogens (tertiary/aromatic N) is 1. The Morgan fingerprint density at radius 1 is 1.12 bits per heavy atom. The van der Waals surface area contributed by atoms with E-state index in [4.69, 9.17) is 27.9 Å². The molecule has 6 heteroatoms. The van der Waals surface area contributed by atoms with Crippen LogP contribution in [0.4, 0.5) is 0 Å². The molecule has 0 unspecified atom stereocenters. The van der Waals surface area contributed by atoms with Crippen molar-refractivity contribution in [2.24, 2.45) is 0 Å². The summed E-state index contributed by atoms with van der Waals surface area (Å²) in [7, 11) is 0. The molecule has 0 radical (unpaired) electrons. The Morgan fingerprint density at radius 3 is 2.58 bits per heavy atom. The van der Waals surface area contributed by atoms with Gasteiger partial charge in [0.1, 0.15) is 5.75 Å². The SMILES string of the molecule is CCOc1ccc2nc(-c3ccc(Cl)c(Cl)c3)cc(C(=O)O)c2c1. The smallest absolute Gasteiger partial charge is 0.336 e. The molecule has 4 nitrogen and oxygen atoms in total. The normalized spacial score (nSPS) is 10.8. The van der Waals surface area contributed by atoms with Crippen LogP contribution in [0.5, 0.6) is 5.75 Å². The van der Waals surface area contributed by atoms with Crippen LogP contribution in [-0.2, 0) is 0 Å². The summed E-state index contributed by atoms with van der Waals surface area (Å²) in [5.74, 6) is -0.422. The molecule has 3 rings (SSSR count). The quantitative estimate of drug-likeness (QED) is 0.684. The topological polar surface area (TPSA) is 59.4 Å². The third kappa shape index (κ3) is 3.16. The number of halogens is 2. The lowest BCUT2D eigenvalue weighted by Crippen LogP contribution is -2.01. The predicted molar refractivity (Wildman–Crippen MR) is 95.3 cm³/mol. The Labute approximate surface area is 148 Å². The largest absolute Gasteiger partial charge is 0.494 e. The molecule has 0 spiro atoms. The van der Waals surface area contributed by atoms with Gasteiger partial charge in [-0.05, 0) is 43.3 Å². The number of rotatable bonds is 4. The van der Waals surface area contributed by atoms with Crippen LogP contribution in [0.2, 0.25) is 10.0 Å². The van der Waals surface area contributed by atoms with Crippen molar-refractivity contribution in [3.8, 4) is 17.0 Å². The molecule has 0 fully saturated rings. The number of benzene rings is 2. The van der Waals surface area contributed by atoms with Gasteiger partial charge in [-0.2, -0.15) is 0 Å². The highest BCUT2D eigenvalue weighted by Gasteiger charge is 2.14. The Kier molecular flexibility index (Phi) is 4.60. The third-order valence-electron chi connectivity index (χ3n) is 3.54. The van der Waals surface area contributed by atoms with E-state index in [9.17, 15) is 9.90 Å². The number of aromatic carboxylic acids is 1. The zero-order chi connectivity index (χ0) is 17.3. The van der Waals surface area contributed by atoms with Crippen LogP contribution < -0.4 is 4.74 Å². The summed E-state index contributed by atoms with van der Waals surface area (Å²) in [6, 6.07) is 11.8. The number of hydrogen-bond acceptors (Lipinski definition) is 3. The van der Waals surface area contributed by atoms with Crippen molar-refractivity contribution < 1.29 is 14.6 Å². The highest BCUT2D eigenvalue weighted by molar-refractivity contribution is 6.42. The average Bonchev–Trinajstić information content (AvgIpc) is 2.56. The monoisotopic (exact) mass is 361 g/mol. The van der Waals surface area contributed by atoms with Gasteiger partial charge in [-0.3, -0.25) is 0 Å². The van der Waals surface area contributed by atoms with E-state index in [1.54, 1.807) is 36.4 Å². The van der Waals surface area contributed by atoms with E-state index < -0.39 is 5.97 Å². The van der Waals surface area contributed by atoms with E-state index in [-0.39, 0.29) is 5.56 Å². The fraction of sp³-hybridized carbons (Fsp3) is 0.111. The van der Waals surface area contributed by atoms with Crippen LogP contribution in [-0.4, -0.2) is 22.7 Å². The van der Waals surface area contributed by atoms with E-state index >= 15 is 0 Å². The highest BCUT2D eigenvalue weighted by atomic mass is 35.5. The van der Waals surface area contributed by atoms with Gasteiger partial charge in [-0.25, -0.2) is 9.78 Å². The van der Waals surface area contributed by atoms with Crippen LogP contribution >= 0.6 is 23.2 Å². The Balaban J connectivity index is 2.22. The van der Waals surface area contributed by atoms with Crippen molar-refractivity contribution in [1.82, 2.24) is 4.98 Å². The van der Waals surface area contributed by atoms with E-state index in [2.05, 4.69) is 4.98 Å². The zero-order valence-electron chi connectivity index (χ0n) is 12.7. The maximum atomic E-state index is 11.7. The maximum Gasteiger partial charge on any atom is 0.336 e. The van der Waals surface area contributed by atoms with E-state index in [1.165, 1.54) is 6.07 Å². The lowest BCUT2D eigenvalue weighted by Gasteiger charge is -2.10. The first kappa shape index (κ1) is 16.6. The molecule has 0 atom stereocenters. The van der Waals surface area contributed by atoms with Crippen molar-refractivity contribution in [3.05, 3.63) is 58.1 Å². The second-order valence-electron chi connectivity index (χ2n) is 5.10. The second-order valence-corrected chi connectivity index (χ2v) is 5.92. The van der Waals surface area contributed by atoms with Crippen LogP contribution in [0.25, 0.3) is 22.2 Å². The van der Waals surface area contributed by atoms with Crippen LogP contribution in [0.15, 0.2) is 42.5 Å². The molecule has 1 aromatic heterocycles. The predicted octanol–water partition coefficient (Wildman–Crippen LogP) is 5.31. The minimum atomic E-state index is -1.03. The van der Waals surface area contributed by atoms with Gasteiger partial charge < -0.3 is 9.84 Å². The van der Waals surface area contributed by atoms with Gasteiger partial charge in [-0.1, -0.05) is 29.3 Å². The molecular formula is C18H13Cl2NO3. The molecule has 0 saturated carbocycles. The third-order valence-corrected chi connectivity index (χ3v) is 4.28. The van der Waals surface area contributed by atoms with Crippen molar-refractivity contribution in [3.63, 3.8) is 0 Å². The van der Waals surface area contributed by atoms with Gasteiger partial charge in [0.25, 0.3) is 0 Å². The first-order valence-electron chi connectivity index (χ1n) is 7.26. The number of carboxylic acids is 1. The number of hydrogen-bond donors (Lipinski definition) is 1. The molecule has 0 aliphatic rings. The number of pyridine rings is 1. The number of ether oxygens (including phenoxy) is 1. The number of fused-ring (bicyclic) bond motifs is 1. The molecule has 0 amide bonds. The van der Waals surface area contributed by atoms with Crippen molar-refractivity contribution in [2.75, 3.05) is 6.61 Å². The highest BCUT2D eigenvalue weighted by Crippen LogP contribution is 2.31. The summed E-state index contributed by atoms with van der Waals surface area (Å²) < 4.78 is 5.44. The molecule has 0 aliphatic heterocycles. The molecule has 1 heterocycles. The van der Waals surface area contributed by atoms with Crippen LogP contribution in [0, 0.1) is 0 Å². The molecule has 0 aliphatic carbocycles. The van der Waals surface area contributed by atoms with E-state index in [0.717, 1.165) is 0 Å². The summed E-state index contributed by atoms with van der Waals surface area (Å²) in [5, 5.41) is 10.9. The summed E-state index contributed by atoms with van der Waals surface area (Å²) in [6.07, 6.45) is 0. The van der Waals surface area contributed by atoms with Gasteiger partial charge in [0, 0.05) is 10.9 Å². The van der Waals surface area contributed by atoms with Gasteiger partial charge >= 0.3 is 5.97 Å². The fourth-order valence-corrected chi connectivity index (χ4v) is 2.74. The molecular weight excluding hydrogens is 349 g/mol.